The van der Waals surface area contributed by atoms with E-state index in [9.17, 15) is 9.59 Å². The number of fused-ring (bicyclic) bond motifs is 1. The first-order valence-electron chi connectivity index (χ1n) is 9.18. The molecule has 0 bridgehead atoms. The van der Waals surface area contributed by atoms with Gasteiger partial charge in [0.2, 0.25) is 5.91 Å². The number of hydroxylamine groups is 1. The number of hydrogen-bond acceptors (Lipinski definition) is 5. The zero-order valence-electron chi connectivity index (χ0n) is 15.4. The van der Waals surface area contributed by atoms with E-state index in [-0.39, 0.29) is 17.9 Å². The van der Waals surface area contributed by atoms with Crippen LogP contribution in [-0.2, 0) is 14.4 Å². The van der Waals surface area contributed by atoms with Crippen LogP contribution in [0.4, 0.5) is 11.4 Å². The summed E-state index contributed by atoms with van der Waals surface area (Å²) in [6.07, 6.45) is 0.882. The molecule has 0 aliphatic carbocycles. The Morgan fingerprint density at radius 2 is 1.67 bits per heavy atom. The molecule has 2 fully saturated rings. The second-order valence-corrected chi connectivity index (χ2v) is 6.78. The monoisotopic (exact) mass is 366 g/mol. The number of rotatable bonds is 5. The number of carbonyl (C=O) groups excluding carboxylic acids is 2. The molecule has 2 heterocycles. The van der Waals surface area contributed by atoms with Crippen molar-refractivity contribution < 1.29 is 19.2 Å². The molecule has 3 atom stereocenters. The number of anilines is 2. The van der Waals surface area contributed by atoms with Gasteiger partial charge in [-0.05, 0) is 42.8 Å². The Hall–Kier alpha value is -2.86. The third-order valence-electron chi connectivity index (χ3n) is 5.16. The van der Waals surface area contributed by atoms with E-state index < -0.39 is 12.0 Å². The molecule has 0 saturated carbocycles. The van der Waals surface area contributed by atoms with Gasteiger partial charge >= 0.3 is 0 Å². The lowest BCUT2D eigenvalue weighted by atomic mass is 9.93. The minimum Gasteiger partial charge on any atom is -0.497 e. The maximum atomic E-state index is 13.2. The molecule has 0 unspecified atom stereocenters. The minimum atomic E-state index is -0.781. The lowest BCUT2D eigenvalue weighted by Gasteiger charge is -2.28. The van der Waals surface area contributed by atoms with Gasteiger partial charge < -0.3 is 4.74 Å². The summed E-state index contributed by atoms with van der Waals surface area (Å²) in [6, 6.07) is 16.4. The maximum Gasteiger partial charge on any atom is 0.266 e. The lowest BCUT2D eigenvalue weighted by molar-refractivity contribution is -0.126. The number of hydrogen-bond donors (Lipinski definition) is 0. The molecule has 140 valence electrons. The van der Waals surface area contributed by atoms with E-state index in [1.165, 1.54) is 4.90 Å². The van der Waals surface area contributed by atoms with Gasteiger partial charge in [-0.1, -0.05) is 31.5 Å². The average Bonchev–Trinajstić information content (AvgIpc) is 3.19. The number of methoxy groups -OCH3 is 1. The molecule has 0 spiro atoms. The van der Waals surface area contributed by atoms with E-state index in [4.69, 9.17) is 9.57 Å². The Morgan fingerprint density at radius 1 is 0.963 bits per heavy atom. The standard InChI is InChI=1S/C21H22N2O4/c1-3-7-17-18-19(27-23(17)15-8-5-4-6-9-15)21(25)22(20(18)24)14-10-12-16(26-2)13-11-14/h4-6,8-13,17-19H,3,7H2,1-2H3/t17-,18+,19-/m0/s1. The SMILES string of the molecule is CCC[C@H]1[C@H]2C(=O)N(c3ccc(OC)cc3)C(=O)[C@H]2ON1c1ccccc1. The Balaban J connectivity index is 1.65. The fourth-order valence-electron chi connectivity index (χ4n) is 3.90. The third kappa shape index (κ3) is 2.86. The van der Waals surface area contributed by atoms with Crippen LogP contribution in [-0.4, -0.2) is 31.1 Å². The van der Waals surface area contributed by atoms with Crippen molar-refractivity contribution in [3.63, 3.8) is 0 Å². The van der Waals surface area contributed by atoms with Gasteiger partial charge in [-0.15, -0.1) is 0 Å². The third-order valence-corrected chi connectivity index (χ3v) is 5.16. The highest BCUT2D eigenvalue weighted by atomic mass is 16.7. The van der Waals surface area contributed by atoms with E-state index in [0.29, 0.717) is 11.4 Å². The Labute approximate surface area is 158 Å². The van der Waals surface area contributed by atoms with E-state index in [0.717, 1.165) is 18.5 Å². The van der Waals surface area contributed by atoms with Crippen LogP contribution in [0, 0.1) is 5.92 Å². The van der Waals surface area contributed by atoms with Gasteiger partial charge in [0.05, 0.1) is 30.4 Å². The summed E-state index contributed by atoms with van der Waals surface area (Å²) in [5.74, 6) is -0.338. The number of benzene rings is 2. The maximum absolute atomic E-state index is 13.2. The van der Waals surface area contributed by atoms with Crippen molar-refractivity contribution in [2.45, 2.75) is 31.9 Å². The number of ether oxygens (including phenoxy) is 1. The fourth-order valence-corrected chi connectivity index (χ4v) is 3.90. The summed E-state index contributed by atoms with van der Waals surface area (Å²) in [6.45, 7) is 2.07. The molecule has 6 heteroatoms. The smallest absolute Gasteiger partial charge is 0.266 e. The van der Waals surface area contributed by atoms with Gasteiger partial charge in [-0.25, -0.2) is 9.96 Å². The predicted molar refractivity (Wildman–Crippen MR) is 101 cm³/mol. The van der Waals surface area contributed by atoms with Gasteiger partial charge in [0.15, 0.2) is 6.10 Å². The summed E-state index contributed by atoms with van der Waals surface area (Å²) in [4.78, 5) is 33.4. The Bertz CT molecular complexity index is 837. The topological polar surface area (TPSA) is 59.1 Å². The first kappa shape index (κ1) is 17.5. The zero-order chi connectivity index (χ0) is 19.0. The van der Waals surface area contributed by atoms with Crippen molar-refractivity contribution in [1.29, 1.82) is 0 Å². The second kappa shape index (κ2) is 7.04. The normalized spacial score (nSPS) is 24.4. The van der Waals surface area contributed by atoms with Crippen molar-refractivity contribution in [3.8, 4) is 5.75 Å². The lowest BCUT2D eigenvalue weighted by Crippen LogP contribution is -2.40. The number of imide groups is 1. The van der Waals surface area contributed by atoms with Crippen LogP contribution in [0.3, 0.4) is 0 Å². The molecule has 2 aliphatic heterocycles. The molecule has 27 heavy (non-hydrogen) atoms. The number of para-hydroxylation sites is 1. The molecule has 0 N–H and O–H groups in total. The number of carbonyl (C=O) groups is 2. The van der Waals surface area contributed by atoms with Crippen LogP contribution >= 0.6 is 0 Å². The minimum absolute atomic E-state index is 0.165. The molecule has 2 aromatic rings. The summed E-state index contributed by atoms with van der Waals surface area (Å²) in [5, 5.41) is 1.75. The van der Waals surface area contributed by atoms with Gasteiger partial charge in [0.1, 0.15) is 5.75 Å². The molecular formula is C21H22N2O4. The second-order valence-electron chi connectivity index (χ2n) is 6.78. The Morgan fingerprint density at radius 3 is 2.30 bits per heavy atom. The molecule has 2 aliphatic rings. The van der Waals surface area contributed by atoms with Crippen LogP contribution in [0.2, 0.25) is 0 Å². The van der Waals surface area contributed by atoms with E-state index in [1.807, 2.05) is 30.3 Å². The first-order valence-corrected chi connectivity index (χ1v) is 9.18. The molecule has 2 amide bonds. The van der Waals surface area contributed by atoms with Crippen LogP contribution in [0.1, 0.15) is 19.8 Å². The fraction of sp³-hybridized carbons (Fsp3) is 0.333. The zero-order valence-corrected chi connectivity index (χ0v) is 15.4. The van der Waals surface area contributed by atoms with Crippen LogP contribution < -0.4 is 14.7 Å². The number of amides is 2. The predicted octanol–water partition coefficient (Wildman–Crippen LogP) is 3.17. The first-order chi connectivity index (χ1) is 13.2. The van der Waals surface area contributed by atoms with Crippen LogP contribution in [0.15, 0.2) is 54.6 Å². The largest absolute Gasteiger partial charge is 0.497 e. The molecule has 6 nitrogen and oxygen atoms in total. The van der Waals surface area contributed by atoms with Crippen LogP contribution in [0.25, 0.3) is 0 Å². The van der Waals surface area contributed by atoms with Crippen molar-refractivity contribution in [1.82, 2.24) is 0 Å². The van der Waals surface area contributed by atoms with E-state index in [1.54, 1.807) is 36.4 Å². The van der Waals surface area contributed by atoms with Gasteiger partial charge in [0, 0.05) is 0 Å². The van der Waals surface area contributed by atoms with Crippen molar-refractivity contribution in [3.05, 3.63) is 54.6 Å². The summed E-state index contributed by atoms with van der Waals surface area (Å²) in [7, 11) is 1.58. The quantitative estimate of drug-likeness (QED) is 0.761. The van der Waals surface area contributed by atoms with Crippen LogP contribution in [0.5, 0.6) is 5.75 Å². The molecule has 2 saturated heterocycles. The summed E-state index contributed by atoms with van der Waals surface area (Å²) >= 11 is 0. The number of nitrogens with zero attached hydrogens (tertiary/aromatic N) is 2. The van der Waals surface area contributed by atoms with Gasteiger partial charge in [-0.3, -0.25) is 14.4 Å². The van der Waals surface area contributed by atoms with Gasteiger partial charge in [-0.2, -0.15) is 0 Å². The van der Waals surface area contributed by atoms with Gasteiger partial charge in [0.25, 0.3) is 5.91 Å². The summed E-state index contributed by atoms with van der Waals surface area (Å²) < 4.78 is 5.15. The van der Waals surface area contributed by atoms with E-state index >= 15 is 0 Å². The highest BCUT2D eigenvalue weighted by Crippen LogP contribution is 2.41. The van der Waals surface area contributed by atoms with Crippen molar-refractivity contribution in [2.24, 2.45) is 5.92 Å². The van der Waals surface area contributed by atoms with E-state index in [2.05, 4.69) is 6.92 Å². The Kier molecular flexibility index (Phi) is 4.58. The molecule has 4 rings (SSSR count). The van der Waals surface area contributed by atoms with Crippen molar-refractivity contribution >= 4 is 23.2 Å². The molecule has 0 radical (unpaired) electrons. The molecular weight excluding hydrogens is 344 g/mol. The average molecular weight is 366 g/mol. The highest BCUT2D eigenvalue weighted by molar-refractivity contribution is 6.23. The highest BCUT2D eigenvalue weighted by Gasteiger charge is 2.59. The molecule has 2 aromatic carbocycles. The molecule has 0 aromatic heterocycles. The summed E-state index contributed by atoms with van der Waals surface area (Å²) in [5.41, 5.74) is 1.41. The van der Waals surface area contributed by atoms with Crippen molar-refractivity contribution in [2.75, 3.05) is 17.1 Å².